The van der Waals surface area contributed by atoms with E-state index >= 15 is 0 Å². The Bertz CT molecular complexity index is 669. The fourth-order valence-corrected chi connectivity index (χ4v) is 2.27. The highest BCUT2D eigenvalue weighted by Crippen LogP contribution is 2.32. The van der Waals surface area contributed by atoms with Gasteiger partial charge in [0.15, 0.2) is 10.9 Å². The third-order valence-electron chi connectivity index (χ3n) is 2.71. The van der Waals surface area contributed by atoms with Gasteiger partial charge >= 0.3 is 0 Å². The standard InChI is InChI=1S/C15H13Cl2N3OS/c16-12-6-11(7-13(17)14(12)21)9-19-20-15(22)18-8-10-4-2-1-3-5-10/h1-7,9,21H,8H2,(H2,18,20,22)/b19-9-. The van der Waals surface area contributed by atoms with E-state index in [9.17, 15) is 5.11 Å². The number of halogens is 2. The number of hydrogen-bond donors (Lipinski definition) is 3. The van der Waals surface area contributed by atoms with Gasteiger partial charge in [0, 0.05) is 6.54 Å². The molecule has 4 nitrogen and oxygen atoms in total. The fraction of sp³-hybridized carbons (Fsp3) is 0.0667. The third-order valence-corrected chi connectivity index (χ3v) is 3.53. The van der Waals surface area contributed by atoms with Gasteiger partial charge in [0.25, 0.3) is 0 Å². The lowest BCUT2D eigenvalue weighted by Crippen LogP contribution is -2.31. The first-order valence-corrected chi connectivity index (χ1v) is 7.51. The van der Waals surface area contributed by atoms with Crippen LogP contribution in [0, 0.1) is 0 Å². The minimum Gasteiger partial charge on any atom is -0.505 e. The molecule has 7 heteroatoms. The van der Waals surface area contributed by atoms with Gasteiger partial charge in [-0.3, -0.25) is 5.43 Å². The van der Waals surface area contributed by atoms with Gasteiger partial charge in [0.05, 0.1) is 16.3 Å². The zero-order valence-electron chi connectivity index (χ0n) is 11.4. The lowest BCUT2D eigenvalue weighted by atomic mass is 10.2. The maximum atomic E-state index is 9.47. The lowest BCUT2D eigenvalue weighted by Gasteiger charge is -2.07. The molecular weight excluding hydrogens is 341 g/mol. The summed E-state index contributed by atoms with van der Waals surface area (Å²) in [5, 5.41) is 17.2. The highest BCUT2D eigenvalue weighted by atomic mass is 35.5. The van der Waals surface area contributed by atoms with Crippen LogP contribution in [-0.2, 0) is 6.54 Å². The van der Waals surface area contributed by atoms with Crippen LogP contribution in [0.2, 0.25) is 10.0 Å². The Labute approximate surface area is 143 Å². The topological polar surface area (TPSA) is 56.7 Å². The minimum absolute atomic E-state index is 0.145. The van der Waals surface area contributed by atoms with Crippen LogP contribution < -0.4 is 10.7 Å². The maximum absolute atomic E-state index is 9.47. The first kappa shape index (κ1) is 16.5. The quantitative estimate of drug-likeness (QED) is 0.445. The van der Waals surface area contributed by atoms with Crippen LogP contribution in [-0.4, -0.2) is 16.4 Å². The summed E-state index contributed by atoms with van der Waals surface area (Å²) in [5.41, 5.74) is 4.46. The number of nitrogens with one attached hydrogen (secondary N) is 2. The van der Waals surface area contributed by atoms with Crippen molar-refractivity contribution < 1.29 is 5.11 Å². The molecule has 0 amide bonds. The highest BCUT2D eigenvalue weighted by molar-refractivity contribution is 7.80. The van der Waals surface area contributed by atoms with Crippen LogP contribution in [0.15, 0.2) is 47.6 Å². The number of thiocarbonyl (C=S) groups is 1. The average molecular weight is 354 g/mol. The molecule has 2 rings (SSSR count). The van der Waals surface area contributed by atoms with E-state index in [2.05, 4.69) is 15.8 Å². The zero-order valence-corrected chi connectivity index (χ0v) is 13.7. The molecule has 0 spiro atoms. The number of phenolic OH excluding ortho intramolecular Hbond substituents is 1. The van der Waals surface area contributed by atoms with Crippen molar-refractivity contribution in [3.8, 4) is 5.75 Å². The second-order valence-electron chi connectivity index (χ2n) is 4.37. The Morgan fingerprint density at radius 2 is 1.82 bits per heavy atom. The molecule has 0 aliphatic heterocycles. The predicted octanol–water partition coefficient (Wildman–Crippen LogP) is 3.70. The van der Waals surface area contributed by atoms with Crippen LogP contribution in [0.1, 0.15) is 11.1 Å². The summed E-state index contributed by atoms with van der Waals surface area (Å²) in [7, 11) is 0. The van der Waals surface area contributed by atoms with Crippen molar-refractivity contribution in [2.75, 3.05) is 0 Å². The molecule has 0 aliphatic carbocycles. The minimum atomic E-state index is -0.145. The predicted molar refractivity (Wildman–Crippen MR) is 94.7 cm³/mol. The van der Waals surface area contributed by atoms with Crippen LogP contribution >= 0.6 is 35.4 Å². The summed E-state index contributed by atoms with van der Waals surface area (Å²) < 4.78 is 0. The first-order chi connectivity index (χ1) is 10.6. The van der Waals surface area contributed by atoms with E-state index in [4.69, 9.17) is 35.4 Å². The molecule has 0 heterocycles. The van der Waals surface area contributed by atoms with Crippen LogP contribution in [0.5, 0.6) is 5.75 Å². The summed E-state index contributed by atoms with van der Waals surface area (Å²) >= 11 is 16.8. The molecule has 22 heavy (non-hydrogen) atoms. The highest BCUT2D eigenvalue weighted by Gasteiger charge is 2.05. The van der Waals surface area contributed by atoms with Crippen molar-refractivity contribution in [1.82, 2.24) is 10.7 Å². The third kappa shape index (κ3) is 4.87. The summed E-state index contributed by atoms with van der Waals surface area (Å²) in [6.45, 7) is 0.610. The van der Waals surface area contributed by atoms with Gasteiger partial charge in [-0.1, -0.05) is 53.5 Å². The van der Waals surface area contributed by atoms with Crippen molar-refractivity contribution in [2.45, 2.75) is 6.54 Å². The number of nitrogens with zero attached hydrogens (tertiary/aromatic N) is 1. The monoisotopic (exact) mass is 353 g/mol. The number of rotatable bonds is 4. The summed E-state index contributed by atoms with van der Waals surface area (Å²) in [5.74, 6) is -0.145. The molecule has 114 valence electrons. The van der Waals surface area contributed by atoms with Crippen LogP contribution in [0.4, 0.5) is 0 Å². The molecule has 0 aromatic heterocycles. The number of phenols is 1. The maximum Gasteiger partial charge on any atom is 0.187 e. The average Bonchev–Trinajstić information content (AvgIpc) is 2.51. The number of benzene rings is 2. The molecule has 0 fully saturated rings. The summed E-state index contributed by atoms with van der Waals surface area (Å²) in [4.78, 5) is 0. The van der Waals surface area contributed by atoms with Crippen molar-refractivity contribution >= 4 is 46.7 Å². The SMILES string of the molecule is Oc1c(Cl)cc(/C=N\NC(=S)NCc2ccccc2)cc1Cl. The summed E-state index contributed by atoms with van der Waals surface area (Å²) in [6.07, 6.45) is 1.51. The van der Waals surface area contributed by atoms with Gasteiger partial charge in [-0.05, 0) is 35.5 Å². The molecule has 0 saturated carbocycles. The molecule has 3 N–H and O–H groups in total. The van der Waals surface area contributed by atoms with Gasteiger partial charge in [-0.25, -0.2) is 0 Å². The lowest BCUT2D eigenvalue weighted by molar-refractivity contribution is 0.476. The van der Waals surface area contributed by atoms with Crippen molar-refractivity contribution in [3.05, 3.63) is 63.6 Å². The van der Waals surface area contributed by atoms with Crippen molar-refractivity contribution in [3.63, 3.8) is 0 Å². The van der Waals surface area contributed by atoms with E-state index < -0.39 is 0 Å². The Balaban J connectivity index is 1.85. The van der Waals surface area contributed by atoms with Crippen molar-refractivity contribution in [2.24, 2.45) is 5.10 Å². The number of hydrazone groups is 1. The second-order valence-corrected chi connectivity index (χ2v) is 5.59. The zero-order chi connectivity index (χ0) is 15.9. The molecular formula is C15H13Cl2N3OS. The molecule has 0 bridgehead atoms. The number of aromatic hydroxyl groups is 1. The summed E-state index contributed by atoms with van der Waals surface area (Å²) in [6, 6.07) is 13.0. The molecule has 0 aliphatic rings. The Morgan fingerprint density at radius 3 is 2.45 bits per heavy atom. The van der Waals surface area contributed by atoms with E-state index in [-0.39, 0.29) is 15.8 Å². The second kappa shape index (κ2) is 7.98. The van der Waals surface area contributed by atoms with E-state index in [0.717, 1.165) is 5.56 Å². The Hall–Kier alpha value is -1.82. The van der Waals surface area contributed by atoms with E-state index in [1.54, 1.807) is 12.1 Å². The molecule has 0 saturated heterocycles. The molecule has 2 aromatic rings. The van der Waals surface area contributed by atoms with Crippen LogP contribution in [0.25, 0.3) is 0 Å². The van der Waals surface area contributed by atoms with Crippen LogP contribution in [0.3, 0.4) is 0 Å². The van der Waals surface area contributed by atoms with E-state index in [0.29, 0.717) is 17.2 Å². The Kier molecular flexibility index (Phi) is 6.00. The van der Waals surface area contributed by atoms with E-state index in [1.165, 1.54) is 6.21 Å². The van der Waals surface area contributed by atoms with Gasteiger partial charge in [0.2, 0.25) is 0 Å². The van der Waals surface area contributed by atoms with Crippen molar-refractivity contribution in [1.29, 1.82) is 0 Å². The van der Waals surface area contributed by atoms with Gasteiger partial charge in [-0.2, -0.15) is 5.10 Å². The fourth-order valence-electron chi connectivity index (χ4n) is 1.64. The number of hydrogen-bond acceptors (Lipinski definition) is 3. The van der Waals surface area contributed by atoms with Gasteiger partial charge < -0.3 is 10.4 Å². The molecule has 2 aromatic carbocycles. The normalized spacial score (nSPS) is 10.6. The Morgan fingerprint density at radius 1 is 1.18 bits per heavy atom. The first-order valence-electron chi connectivity index (χ1n) is 6.35. The molecule has 0 radical (unpaired) electrons. The smallest absolute Gasteiger partial charge is 0.187 e. The van der Waals surface area contributed by atoms with E-state index in [1.807, 2.05) is 30.3 Å². The largest absolute Gasteiger partial charge is 0.505 e. The molecule has 0 atom stereocenters. The van der Waals surface area contributed by atoms with Gasteiger partial charge in [0.1, 0.15) is 0 Å². The van der Waals surface area contributed by atoms with Gasteiger partial charge in [-0.15, -0.1) is 0 Å². The molecule has 0 unspecified atom stereocenters.